The molecule has 5 nitrogen and oxygen atoms in total. The number of halogens is 3. The van der Waals surface area contributed by atoms with E-state index >= 15 is 0 Å². The van der Waals surface area contributed by atoms with E-state index in [1.54, 1.807) is 31.2 Å². The Labute approximate surface area is 173 Å². The quantitative estimate of drug-likeness (QED) is 0.767. The van der Waals surface area contributed by atoms with E-state index in [-0.39, 0.29) is 36.4 Å². The Bertz CT molecular complexity index is 1010. The molecule has 2 aromatic rings. The van der Waals surface area contributed by atoms with Crippen LogP contribution in [0.1, 0.15) is 34.3 Å². The Morgan fingerprint density at radius 2 is 1.87 bits per heavy atom. The van der Waals surface area contributed by atoms with Crippen molar-refractivity contribution in [3.63, 3.8) is 0 Å². The Kier molecular flexibility index (Phi) is 6.52. The maximum absolute atomic E-state index is 13.1. The number of rotatable bonds is 5. The average Bonchev–Trinajstić information content (AvgIpc) is 2.72. The Hall–Kier alpha value is -2.39. The summed E-state index contributed by atoms with van der Waals surface area (Å²) in [6.07, 6.45) is -4.11. The second kappa shape index (κ2) is 8.77. The molecule has 162 valence electrons. The van der Waals surface area contributed by atoms with Crippen molar-refractivity contribution < 1.29 is 26.4 Å². The molecule has 0 radical (unpaired) electrons. The lowest BCUT2D eigenvalue weighted by Gasteiger charge is -2.34. The Balaban J connectivity index is 1.79. The highest BCUT2D eigenvalue weighted by atomic mass is 32.2. The number of alkyl halides is 3. The molecule has 2 aromatic carbocycles. The van der Waals surface area contributed by atoms with E-state index in [4.69, 9.17) is 0 Å². The number of piperidine rings is 1. The van der Waals surface area contributed by atoms with E-state index in [9.17, 15) is 26.4 Å². The first kappa shape index (κ1) is 22.3. The van der Waals surface area contributed by atoms with Crippen molar-refractivity contribution in [2.24, 2.45) is 5.92 Å². The number of aryl methyl sites for hydroxylation is 1. The van der Waals surface area contributed by atoms with Crippen LogP contribution < -0.4 is 4.72 Å². The van der Waals surface area contributed by atoms with Crippen LogP contribution in [0.5, 0.6) is 0 Å². The van der Waals surface area contributed by atoms with E-state index in [1.165, 1.54) is 18.2 Å². The molecule has 9 heteroatoms. The van der Waals surface area contributed by atoms with Crippen LogP contribution in [0.15, 0.2) is 53.4 Å². The van der Waals surface area contributed by atoms with Gasteiger partial charge in [0.15, 0.2) is 0 Å². The fourth-order valence-electron chi connectivity index (χ4n) is 3.46. The van der Waals surface area contributed by atoms with Gasteiger partial charge >= 0.3 is 6.18 Å². The first-order chi connectivity index (χ1) is 14.1. The maximum Gasteiger partial charge on any atom is 0.393 e. The van der Waals surface area contributed by atoms with Crippen LogP contribution in [0.2, 0.25) is 0 Å². The minimum Gasteiger partial charge on any atom is -0.338 e. The highest BCUT2D eigenvalue weighted by Crippen LogP contribution is 2.33. The molecule has 1 N–H and O–H groups in total. The first-order valence-corrected chi connectivity index (χ1v) is 11.1. The number of sulfonamides is 1. The average molecular weight is 440 g/mol. The molecule has 0 aliphatic carbocycles. The van der Waals surface area contributed by atoms with Gasteiger partial charge in [-0.05, 0) is 43.0 Å². The standard InChI is InChI=1S/C21H23F3N2O3S/c1-15-9-10-18(30(28,29)25-13-16-6-3-2-4-7-16)12-19(15)20(27)26-11-5-8-17(14-26)21(22,23)24/h2-4,6-7,9-10,12,17,25H,5,8,11,13-14H2,1H3/t17-/m0/s1. The third-order valence-electron chi connectivity index (χ3n) is 5.23. The van der Waals surface area contributed by atoms with Crippen LogP contribution in [0, 0.1) is 12.8 Å². The van der Waals surface area contributed by atoms with Gasteiger partial charge in [0.05, 0.1) is 10.8 Å². The summed E-state index contributed by atoms with van der Waals surface area (Å²) in [5.74, 6) is -2.14. The predicted molar refractivity (Wildman–Crippen MR) is 106 cm³/mol. The molecule has 0 spiro atoms. The molecule has 0 bridgehead atoms. The second-order valence-electron chi connectivity index (χ2n) is 7.42. The summed E-state index contributed by atoms with van der Waals surface area (Å²) >= 11 is 0. The monoisotopic (exact) mass is 440 g/mol. The number of nitrogens with zero attached hydrogens (tertiary/aromatic N) is 1. The summed E-state index contributed by atoms with van der Waals surface area (Å²) in [6.45, 7) is 1.52. The number of likely N-dealkylation sites (tertiary alicyclic amines) is 1. The fourth-order valence-corrected chi connectivity index (χ4v) is 4.50. The topological polar surface area (TPSA) is 66.5 Å². The van der Waals surface area contributed by atoms with Crippen molar-refractivity contribution in [1.29, 1.82) is 0 Å². The third-order valence-corrected chi connectivity index (χ3v) is 6.63. The second-order valence-corrected chi connectivity index (χ2v) is 9.19. The molecular weight excluding hydrogens is 417 g/mol. The van der Waals surface area contributed by atoms with Gasteiger partial charge in [0.25, 0.3) is 5.91 Å². The summed E-state index contributed by atoms with van der Waals surface area (Å²) in [5.41, 5.74) is 1.38. The fraction of sp³-hybridized carbons (Fsp3) is 0.381. The summed E-state index contributed by atoms with van der Waals surface area (Å²) in [6, 6.07) is 13.1. The zero-order chi connectivity index (χ0) is 21.9. The van der Waals surface area contributed by atoms with Crippen molar-refractivity contribution >= 4 is 15.9 Å². The van der Waals surface area contributed by atoms with Crippen LogP contribution in [0.3, 0.4) is 0 Å². The number of amides is 1. The van der Waals surface area contributed by atoms with Crippen LogP contribution in [0.25, 0.3) is 0 Å². The lowest BCUT2D eigenvalue weighted by atomic mass is 9.96. The number of nitrogens with one attached hydrogen (secondary N) is 1. The van der Waals surface area contributed by atoms with Crippen LogP contribution in [0.4, 0.5) is 13.2 Å². The Morgan fingerprint density at radius 1 is 1.17 bits per heavy atom. The van der Waals surface area contributed by atoms with Crippen molar-refractivity contribution in [2.75, 3.05) is 13.1 Å². The molecule has 1 atom stereocenters. The van der Waals surface area contributed by atoms with Gasteiger partial charge in [-0.25, -0.2) is 13.1 Å². The number of hydrogen-bond donors (Lipinski definition) is 1. The van der Waals surface area contributed by atoms with Crippen LogP contribution in [-0.4, -0.2) is 38.5 Å². The van der Waals surface area contributed by atoms with Gasteiger partial charge in [-0.2, -0.15) is 13.2 Å². The number of carbonyl (C=O) groups excluding carboxylic acids is 1. The molecule has 1 fully saturated rings. The first-order valence-electron chi connectivity index (χ1n) is 9.58. The van der Waals surface area contributed by atoms with E-state index in [0.29, 0.717) is 5.56 Å². The van der Waals surface area contributed by atoms with Crippen molar-refractivity contribution in [1.82, 2.24) is 9.62 Å². The molecule has 3 rings (SSSR count). The van der Waals surface area contributed by atoms with Gasteiger partial charge in [0.2, 0.25) is 10.0 Å². The smallest absolute Gasteiger partial charge is 0.338 e. The maximum atomic E-state index is 13.1. The van der Waals surface area contributed by atoms with Crippen molar-refractivity contribution in [2.45, 2.75) is 37.4 Å². The van der Waals surface area contributed by atoms with Crippen LogP contribution in [-0.2, 0) is 16.6 Å². The molecule has 1 saturated heterocycles. The molecule has 1 aliphatic rings. The normalized spacial score (nSPS) is 17.7. The largest absolute Gasteiger partial charge is 0.393 e. The molecule has 1 heterocycles. The Morgan fingerprint density at radius 3 is 2.53 bits per heavy atom. The van der Waals surface area contributed by atoms with E-state index in [0.717, 1.165) is 10.5 Å². The van der Waals surface area contributed by atoms with Crippen LogP contribution >= 0.6 is 0 Å². The molecule has 1 amide bonds. The number of hydrogen-bond acceptors (Lipinski definition) is 3. The molecule has 0 saturated carbocycles. The lowest BCUT2D eigenvalue weighted by molar-refractivity contribution is -0.184. The highest BCUT2D eigenvalue weighted by molar-refractivity contribution is 7.89. The minimum absolute atomic E-state index is 0.00983. The minimum atomic E-state index is -4.36. The van der Waals surface area contributed by atoms with Gasteiger partial charge in [-0.3, -0.25) is 4.79 Å². The SMILES string of the molecule is Cc1ccc(S(=O)(=O)NCc2ccccc2)cc1C(=O)N1CCC[C@H](C(F)(F)F)C1. The predicted octanol–water partition coefficient (Wildman–Crippen LogP) is 3.89. The van der Waals surface area contributed by atoms with Crippen molar-refractivity contribution in [3.05, 3.63) is 65.2 Å². The molecular formula is C21H23F3N2O3S. The number of benzene rings is 2. The van der Waals surface area contributed by atoms with Gasteiger partial charge in [-0.1, -0.05) is 36.4 Å². The summed E-state index contributed by atoms with van der Waals surface area (Å²) in [7, 11) is -3.90. The summed E-state index contributed by atoms with van der Waals surface area (Å²) in [5, 5.41) is 0. The molecule has 0 aromatic heterocycles. The third kappa shape index (κ3) is 5.20. The van der Waals surface area contributed by atoms with E-state index in [1.807, 2.05) is 6.07 Å². The molecule has 30 heavy (non-hydrogen) atoms. The highest BCUT2D eigenvalue weighted by Gasteiger charge is 2.42. The van der Waals surface area contributed by atoms with E-state index in [2.05, 4.69) is 4.72 Å². The lowest BCUT2D eigenvalue weighted by Crippen LogP contribution is -2.44. The summed E-state index contributed by atoms with van der Waals surface area (Å²) in [4.78, 5) is 14.0. The van der Waals surface area contributed by atoms with E-state index < -0.39 is 34.6 Å². The van der Waals surface area contributed by atoms with Gasteiger partial charge in [-0.15, -0.1) is 0 Å². The zero-order valence-corrected chi connectivity index (χ0v) is 17.3. The summed E-state index contributed by atoms with van der Waals surface area (Å²) < 4.78 is 67.1. The molecule has 0 unspecified atom stereocenters. The molecule has 1 aliphatic heterocycles. The van der Waals surface area contributed by atoms with Gasteiger partial charge in [0, 0.05) is 25.2 Å². The van der Waals surface area contributed by atoms with Crippen molar-refractivity contribution in [3.8, 4) is 0 Å². The van der Waals surface area contributed by atoms with Gasteiger partial charge in [0.1, 0.15) is 0 Å². The van der Waals surface area contributed by atoms with Gasteiger partial charge < -0.3 is 4.90 Å². The number of carbonyl (C=O) groups is 1. The zero-order valence-electron chi connectivity index (χ0n) is 16.4.